The zero-order valence-corrected chi connectivity index (χ0v) is 16.2. The van der Waals surface area contributed by atoms with Crippen LogP contribution in [0.25, 0.3) is 0 Å². The molecule has 0 aromatic carbocycles. The van der Waals surface area contributed by atoms with Gasteiger partial charge in [0.2, 0.25) is 0 Å². The molecule has 3 atom stereocenters. The number of guanidine groups is 1. The Bertz CT molecular complexity index is 625. The second-order valence-corrected chi connectivity index (χ2v) is 8.74. The third kappa shape index (κ3) is 3.08. The van der Waals surface area contributed by atoms with Crippen molar-refractivity contribution in [2.45, 2.75) is 64.5 Å². The Morgan fingerprint density at radius 2 is 2.32 bits per heavy atom. The number of aryl methyl sites for hydroxylation is 1. The summed E-state index contributed by atoms with van der Waals surface area (Å²) in [5, 5.41) is 8.39. The van der Waals surface area contributed by atoms with Crippen LogP contribution in [-0.2, 0) is 17.6 Å². The van der Waals surface area contributed by atoms with Gasteiger partial charge in [0.05, 0.1) is 11.1 Å². The van der Waals surface area contributed by atoms with Crippen molar-refractivity contribution < 1.29 is 4.74 Å². The van der Waals surface area contributed by atoms with E-state index in [1.807, 2.05) is 17.5 Å². The molecule has 1 aromatic rings. The first-order valence-corrected chi connectivity index (χ1v) is 10.7. The molecule has 0 amide bonds. The minimum Gasteiger partial charge on any atom is -0.377 e. The topological polar surface area (TPSA) is 58.5 Å². The van der Waals surface area contributed by atoms with Gasteiger partial charge in [0.1, 0.15) is 0 Å². The first-order valence-electron chi connectivity index (χ1n) is 9.87. The van der Waals surface area contributed by atoms with E-state index in [0.29, 0.717) is 23.5 Å². The fraction of sp³-hybridized carbons (Fsp3) is 0.789. The van der Waals surface area contributed by atoms with E-state index in [0.717, 1.165) is 38.5 Å². The molecule has 6 heteroatoms. The minimum absolute atomic E-state index is 0.392. The summed E-state index contributed by atoms with van der Waals surface area (Å²) >= 11 is 1.81. The molecule has 2 saturated carbocycles. The summed E-state index contributed by atoms with van der Waals surface area (Å²) in [7, 11) is 0. The average molecular weight is 363 g/mol. The molecular formula is C19H30N4OS. The van der Waals surface area contributed by atoms with Crippen molar-refractivity contribution in [3.63, 3.8) is 0 Å². The molecule has 3 fully saturated rings. The van der Waals surface area contributed by atoms with Crippen LogP contribution in [0.4, 0.5) is 0 Å². The fourth-order valence-corrected chi connectivity index (χ4v) is 5.66. The number of aromatic nitrogens is 1. The number of hydrogen-bond donors (Lipinski definition) is 2. The van der Waals surface area contributed by atoms with E-state index in [1.165, 1.54) is 35.6 Å². The number of nitrogens with zero attached hydrogens (tertiary/aromatic N) is 2. The molecule has 3 unspecified atom stereocenters. The maximum absolute atomic E-state index is 6.03. The van der Waals surface area contributed by atoms with E-state index in [2.05, 4.69) is 29.5 Å². The van der Waals surface area contributed by atoms with Crippen molar-refractivity contribution in [1.82, 2.24) is 15.6 Å². The highest BCUT2D eigenvalue weighted by atomic mass is 32.1. The van der Waals surface area contributed by atoms with Gasteiger partial charge in [-0.2, -0.15) is 0 Å². The quantitative estimate of drug-likeness (QED) is 0.603. The molecule has 2 heterocycles. The Balaban J connectivity index is 1.37. The van der Waals surface area contributed by atoms with Gasteiger partial charge in [-0.1, -0.05) is 13.3 Å². The van der Waals surface area contributed by atoms with Crippen molar-refractivity contribution in [2.75, 3.05) is 19.7 Å². The van der Waals surface area contributed by atoms with Gasteiger partial charge in [-0.25, -0.2) is 4.98 Å². The molecule has 1 spiro atoms. The van der Waals surface area contributed by atoms with Gasteiger partial charge >= 0.3 is 0 Å². The normalized spacial score (nSPS) is 29.8. The largest absolute Gasteiger partial charge is 0.377 e. The van der Waals surface area contributed by atoms with Crippen LogP contribution < -0.4 is 10.6 Å². The molecule has 5 nitrogen and oxygen atoms in total. The summed E-state index contributed by atoms with van der Waals surface area (Å²) in [6.07, 6.45) is 9.66. The molecule has 0 bridgehead atoms. The van der Waals surface area contributed by atoms with Gasteiger partial charge in [-0.15, -0.1) is 11.3 Å². The van der Waals surface area contributed by atoms with Crippen LogP contribution in [-0.4, -0.2) is 42.8 Å². The van der Waals surface area contributed by atoms with Crippen LogP contribution >= 0.6 is 11.3 Å². The number of ether oxygens (including phenoxy) is 1. The van der Waals surface area contributed by atoms with Crippen molar-refractivity contribution in [1.29, 1.82) is 0 Å². The van der Waals surface area contributed by atoms with E-state index in [9.17, 15) is 0 Å². The van der Waals surface area contributed by atoms with E-state index in [1.54, 1.807) is 0 Å². The number of thiazole rings is 1. The van der Waals surface area contributed by atoms with Crippen LogP contribution in [0.3, 0.4) is 0 Å². The van der Waals surface area contributed by atoms with E-state index in [-0.39, 0.29) is 0 Å². The zero-order chi connectivity index (χ0) is 17.3. The van der Waals surface area contributed by atoms with Crippen LogP contribution in [0, 0.1) is 11.3 Å². The second-order valence-electron chi connectivity index (χ2n) is 7.54. The smallest absolute Gasteiger partial charge is 0.191 e. The molecule has 4 rings (SSSR count). The molecule has 0 radical (unpaired) electrons. The van der Waals surface area contributed by atoms with Crippen molar-refractivity contribution in [3.05, 3.63) is 16.1 Å². The van der Waals surface area contributed by atoms with Gasteiger partial charge in [0.25, 0.3) is 0 Å². The Morgan fingerprint density at radius 3 is 3.00 bits per heavy atom. The molecule has 2 aliphatic carbocycles. The number of aliphatic imine (C=N–C) groups is 1. The third-order valence-electron chi connectivity index (χ3n) is 6.22. The fourth-order valence-electron chi connectivity index (χ4n) is 4.81. The maximum atomic E-state index is 6.03. The summed E-state index contributed by atoms with van der Waals surface area (Å²) in [6, 6.07) is 0.540. The van der Waals surface area contributed by atoms with Gasteiger partial charge in [0, 0.05) is 54.6 Å². The van der Waals surface area contributed by atoms with Gasteiger partial charge in [-0.3, -0.25) is 4.99 Å². The van der Waals surface area contributed by atoms with Gasteiger partial charge < -0.3 is 15.4 Å². The molecule has 1 saturated heterocycles. The Morgan fingerprint density at radius 1 is 1.44 bits per heavy atom. The number of hydrogen-bond acceptors (Lipinski definition) is 4. The van der Waals surface area contributed by atoms with Crippen molar-refractivity contribution in [2.24, 2.45) is 16.3 Å². The van der Waals surface area contributed by atoms with Crippen LogP contribution in [0.2, 0.25) is 0 Å². The van der Waals surface area contributed by atoms with Crippen molar-refractivity contribution >= 4 is 17.3 Å². The number of fused-ring (bicyclic) bond motifs is 2. The highest BCUT2D eigenvalue weighted by Gasteiger charge is 2.66. The minimum atomic E-state index is 0.392. The maximum Gasteiger partial charge on any atom is 0.191 e. The summed E-state index contributed by atoms with van der Waals surface area (Å²) in [5.41, 5.74) is 0.392. The molecule has 2 N–H and O–H groups in total. The SMILES string of the molecule is CCNC(=NCCc1ncc(CC)s1)NC1C2CCOC2C12CCC2. The van der Waals surface area contributed by atoms with E-state index < -0.39 is 0 Å². The predicted molar refractivity (Wildman–Crippen MR) is 102 cm³/mol. The predicted octanol–water partition coefficient (Wildman–Crippen LogP) is 2.76. The summed E-state index contributed by atoms with van der Waals surface area (Å²) in [4.78, 5) is 10.7. The molecular weight excluding hydrogens is 332 g/mol. The second kappa shape index (κ2) is 7.23. The molecule has 138 valence electrons. The van der Waals surface area contributed by atoms with Crippen molar-refractivity contribution in [3.8, 4) is 0 Å². The van der Waals surface area contributed by atoms with Crippen LogP contribution in [0.1, 0.15) is 49.4 Å². The number of rotatable bonds is 6. The third-order valence-corrected chi connectivity index (χ3v) is 7.42. The lowest BCUT2D eigenvalue weighted by Crippen LogP contribution is -2.72. The summed E-state index contributed by atoms with van der Waals surface area (Å²) in [6.45, 7) is 6.93. The molecule has 3 aliphatic rings. The standard InChI is InChI=1S/C19H30N4OS/c1-3-13-12-22-15(25-13)6-10-21-18(20-4-2)23-16-14-7-11-24-17(14)19(16)8-5-9-19/h12,14,16-17H,3-11H2,1-2H3,(H2,20,21,23). The monoisotopic (exact) mass is 362 g/mol. The first-order chi connectivity index (χ1) is 12.3. The molecule has 1 aliphatic heterocycles. The lowest BCUT2D eigenvalue weighted by Gasteiger charge is -2.63. The van der Waals surface area contributed by atoms with Gasteiger partial charge in [-0.05, 0) is 32.6 Å². The first kappa shape index (κ1) is 17.3. The highest BCUT2D eigenvalue weighted by Crippen LogP contribution is 2.62. The molecule has 1 aromatic heterocycles. The summed E-state index contributed by atoms with van der Waals surface area (Å²) < 4.78 is 6.03. The average Bonchev–Trinajstić information content (AvgIpc) is 3.19. The summed E-state index contributed by atoms with van der Waals surface area (Å²) in [5.74, 6) is 1.65. The Labute approximate surface area is 154 Å². The molecule has 25 heavy (non-hydrogen) atoms. The zero-order valence-electron chi connectivity index (χ0n) is 15.4. The number of nitrogens with one attached hydrogen (secondary N) is 2. The van der Waals surface area contributed by atoms with Gasteiger partial charge in [0.15, 0.2) is 5.96 Å². The Hall–Kier alpha value is -1.14. The highest BCUT2D eigenvalue weighted by molar-refractivity contribution is 7.11. The Kier molecular flexibility index (Phi) is 5.00. The lowest BCUT2D eigenvalue weighted by atomic mass is 9.46. The van der Waals surface area contributed by atoms with E-state index >= 15 is 0 Å². The lowest BCUT2D eigenvalue weighted by molar-refractivity contribution is -0.171. The van der Waals surface area contributed by atoms with E-state index in [4.69, 9.17) is 9.73 Å². The van der Waals surface area contributed by atoms with Crippen LogP contribution in [0.5, 0.6) is 0 Å². The van der Waals surface area contributed by atoms with Crippen LogP contribution in [0.15, 0.2) is 11.2 Å².